The Kier molecular flexibility index (Phi) is 6.48. The van der Waals surface area contributed by atoms with Gasteiger partial charge in [-0.15, -0.1) is 0 Å². The van der Waals surface area contributed by atoms with Gasteiger partial charge >= 0.3 is 6.11 Å². The molecule has 6 nitrogen and oxygen atoms in total. The fourth-order valence-electron chi connectivity index (χ4n) is 6.13. The van der Waals surface area contributed by atoms with Crippen LogP contribution in [-0.4, -0.2) is 47.2 Å². The standard InChI is InChI=1S/C26H31ClF2O6/c1-24(28,29)35-17-8-15(9-17)10-23(32)26-6-4-25(5-7-26,14-33-26)13-20(31)22-12-19(30)18-11-16(27)2-3-21(18)34-22/h2-3,11,15,17,19,22,30H,4-10,12-14H2,1H3/t15?,17?,19-,22-,25?,26?/m1/s1. The molecule has 0 spiro atoms. The van der Waals surface area contributed by atoms with Crippen molar-refractivity contribution in [2.75, 3.05) is 6.61 Å². The van der Waals surface area contributed by atoms with Crippen LogP contribution in [0.1, 0.15) is 76.4 Å². The van der Waals surface area contributed by atoms with Crippen LogP contribution in [0.25, 0.3) is 0 Å². The molecule has 2 saturated carbocycles. The second-order valence-electron chi connectivity index (χ2n) is 11.0. The lowest BCUT2D eigenvalue weighted by molar-refractivity contribution is -0.268. The first-order valence-corrected chi connectivity index (χ1v) is 12.7. The van der Waals surface area contributed by atoms with Gasteiger partial charge in [-0.3, -0.25) is 9.59 Å². The van der Waals surface area contributed by atoms with Gasteiger partial charge in [0.1, 0.15) is 11.4 Å². The number of halogens is 3. The quantitative estimate of drug-likeness (QED) is 0.517. The molecule has 35 heavy (non-hydrogen) atoms. The van der Waals surface area contributed by atoms with Crippen molar-refractivity contribution in [3.8, 4) is 5.75 Å². The third-order valence-electron chi connectivity index (χ3n) is 8.27. The maximum atomic E-state index is 13.2. The molecule has 2 bridgehead atoms. The number of aliphatic hydroxyl groups is 1. The molecule has 3 heterocycles. The van der Waals surface area contributed by atoms with Crippen molar-refractivity contribution in [3.63, 3.8) is 0 Å². The number of rotatable bonds is 8. The molecule has 1 aromatic rings. The van der Waals surface area contributed by atoms with Gasteiger partial charge in [-0.05, 0) is 62.6 Å². The Hall–Kier alpha value is -1.61. The summed E-state index contributed by atoms with van der Waals surface area (Å²) in [7, 11) is 0. The molecule has 2 saturated heterocycles. The molecule has 2 atom stereocenters. The Bertz CT molecular complexity index is 978. The highest BCUT2D eigenvalue weighted by molar-refractivity contribution is 6.30. The third-order valence-corrected chi connectivity index (χ3v) is 8.50. The maximum Gasteiger partial charge on any atom is 0.353 e. The number of ketones is 2. The molecule has 5 aliphatic rings. The Labute approximate surface area is 208 Å². The minimum atomic E-state index is -3.15. The lowest BCUT2D eigenvalue weighted by atomic mass is 9.61. The van der Waals surface area contributed by atoms with E-state index in [4.69, 9.17) is 21.1 Å². The number of carbonyl (C=O) groups excluding carboxylic acids is 2. The molecule has 0 unspecified atom stereocenters. The summed E-state index contributed by atoms with van der Waals surface area (Å²) >= 11 is 6.01. The van der Waals surface area contributed by atoms with Gasteiger partial charge in [0.2, 0.25) is 0 Å². The smallest absolute Gasteiger partial charge is 0.353 e. The summed E-state index contributed by atoms with van der Waals surface area (Å²) in [6.07, 6.45) is -0.921. The summed E-state index contributed by atoms with van der Waals surface area (Å²) in [4.78, 5) is 26.2. The summed E-state index contributed by atoms with van der Waals surface area (Å²) < 4.78 is 42.7. The lowest BCUT2D eigenvalue weighted by Gasteiger charge is -2.53. The fraction of sp³-hybridized carbons (Fsp3) is 0.692. The molecule has 1 aromatic carbocycles. The molecule has 0 radical (unpaired) electrons. The number of aliphatic hydroxyl groups excluding tert-OH is 1. The highest BCUT2D eigenvalue weighted by atomic mass is 35.5. The lowest BCUT2D eigenvalue weighted by Crippen LogP contribution is -2.57. The van der Waals surface area contributed by atoms with Gasteiger partial charge in [0.05, 0.1) is 18.8 Å². The fourth-order valence-corrected chi connectivity index (χ4v) is 6.31. The largest absolute Gasteiger partial charge is 0.482 e. The first kappa shape index (κ1) is 25.1. The topological polar surface area (TPSA) is 82.1 Å². The second-order valence-corrected chi connectivity index (χ2v) is 11.4. The van der Waals surface area contributed by atoms with Crippen LogP contribution >= 0.6 is 11.6 Å². The summed E-state index contributed by atoms with van der Waals surface area (Å²) in [5.74, 6) is 0.499. The van der Waals surface area contributed by atoms with Gasteiger partial charge in [-0.2, -0.15) is 8.78 Å². The molecule has 9 heteroatoms. The first-order chi connectivity index (χ1) is 16.5. The zero-order valence-electron chi connectivity index (χ0n) is 19.7. The first-order valence-electron chi connectivity index (χ1n) is 12.4. The zero-order chi connectivity index (χ0) is 25.0. The van der Waals surface area contributed by atoms with Crippen molar-refractivity contribution in [2.45, 2.75) is 94.7 Å². The van der Waals surface area contributed by atoms with Crippen molar-refractivity contribution in [1.29, 1.82) is 0 Å². The van der Waals surface area contributed by atoms with E-state index < -0.39 is 30.0 Å². The van der Waals surface area contributed by atoms with Crippen molar-refractivity contribution in [2.24, 2.45) is 11.3 Å². The van der Waals surface area contributed by atoms with Crippen LogP contribution in [-0.2, 0) is 19.1 Å². The number of alkyl halides is 2. The predicted octanol–water partition coefficient (Wildman–Crippen LogP) is 5.18. The molecule has 2 aliphatic carbocycles. The average Bonchev–Trinajstić information content (AvgIpc) is 2.78. The van der Waals surface area contributed by atoms with E-state index in [-0.39, 0.29) is 35.7 Å². The number of fused-ring (bicyclic) bond motifs is 4. The van der Waals surface area contributed by atoms with Crippen molar-refractivity contribution >= 4 is 23.2 Å². The molecule has 0 aromatic heterocycles. The highest BCUT2D eigenvalue weighted by Gasteiger charge is 2.55. The molecule has 6 rings (SSSR count). The van der Waals surface area contributed by atoms with Crippen LogP contribution in [0.2, 0.25) is 5.02 Å². The second kappa shape index (κ2) is 9.05. The Morgan fingerprint density at radius 1 is 1.20 bits per heavy atom. The maximum absolute atomic E-state index is 13.2. The average molecular weight is 513 g/mol. The van der Waals surface area contributed by atoms with Crippen LogP contribution in [0.3, 0.4) is 0 Å². The normalized spacial score (nSPS) is 36.1. The summed E-state index contributed by atoms with van der Waals surface area (Å²) in [5, 5.41) is 11.0. The Morgan fingerprint density at radius 2 is 1.91 bits per heavy atom. The van der Waals surface area contributed by atoms with Crippen LogP contribution in [0, 0.1) is 11.3 Å². The molecule has 192 valence electrons. The van der Waals surface area contributed by atoms with E-state index in [1.54, 1.807) is 18.2 Å². The van der Waals surface area contributed by atoms with E-state index in [9.17, 15) is 23.5 Å². The van der Waals surface area contributed by atoms with Gasteiger partial charge in [0.15, 0.2) is 17.7 Å². The number of ether oxygens (including phenoxy) is 3. The SMILES string of the molecule is CC(F)(F)OC1CC(CC(=O)C23CCC(CC(=O)[C@H]4C[C@@H](O)c5cc(Cl)ccc5O4)(CC2)CO3)C1. The number of carbonyl (C=O) groups is 2. The van der Waals surface area contributed by atoms with Crippen LogP contribution in [0.5, 0.6) is 5.75 Å². The number of hydrogen-bond acceptors (Lipinski definition) is 6. The minimum absolute atomic E-state index is 0.0397. The predicted molar refractivity (Wildman–Crippen MR) is 122 cm³/mol. The molecule has 4 fully saturated rings. The number of Topliss-reactive ketones (excluding diaryl/α,β-unsaturated/α-hetero) is 2. The van der Waals surface area contributed by atoms with E-state index in [2.05, 4.69) is 4.74 Å². The van der Waals surface area contributed by atoms with Gasteiger partial charge in [-0.1, -0.05) is 11.6 Å². The molecular weight excluding hydrogens is 482 g/mol. The van der Waals surface area contributed by atoms with Crippen molar-refractivity contribution in [3.05, 3.63) is 28.8 Å². The molecular formula is C26H31ClF2O6. The highest BCUT2D eigenvalue weighted by Crippen LogP contribution is 2.53. The van der Waals surface area contributed by atoms with Gasteiger partial charge < -0.3 is 19.3 Å². The van der Waals surface area contributed by atoms with Gasteiger partial charge in [0, 0.05) is 42.2 Å². The van der Waals surface area contributed by atoms with E-state index in [0.717, 1.165) is 6.92 Å². The van der Waals surface area contributed by atoms with Crippen LogP contribution in [0.4, 0.5) is 8.78 Å². The summed E-state index contributed by atoms with van der Waals surface area (Å²) in [6, 6.07) is 5.00. The number of benzene rings is 1. The van der Waals surface area contributed by atoms with Gasteiger partial charge in [-0.25, -0.2) is 0 Å². The zero-order valence-corrected chi connectivity index (χ0v) is 20.5. The molecule has 3 aliphatic heterocycles. The van der Waals surface area contributed by atoms with Crippen LogP contribution < -0.4 is 4.74 Å². The number of hydrogen-bond donors (Lipinski definition) is 1. The molecule has 0 amide bonds. The van der Waals surface area contributed by atoms with Gasteiger partial charge in [0.25, 0.3) is 0 Å². The van der Waals surface area contributed by atoms with E-state index in [1.165, 1.54) is 0 Å². The van der Waals surface area contributed by atoms with Crippen molar-refractivity contribution in [1.82, 2.24) is 0 Å². The summed E-state index contributed by atoms with van der Waals surface area (Å²) in [6.45, 7) is 1.07. The minimum Gasteiger partial charge on any atom is -0.482 e. The van der Waals surface area contributed by atoms with E-state index in [1.807, 2.05) is 0 Å². The van der Waals surface area contributed by atoms with E-state index in [0.29, 0.717) is 67.9 Å². The van der Waals surface area contributed by atoms with E-state index >= 15 is 0 Å². The molecule has 1 N–H and O–H groups in total. The Morgan fingerprint density at radius 3 is 2.54 bits per heavy atom. The Balaban J connectivity index is 1.13. The van der Waals surface area contributed by atoms with Crippen LogP contribution in [0.15, 0.2) is 18.2 Å². The summed E-state index contributed by atoms with van der Waals surface area (Å²) in [5.41, 5.74) is -0.550. The third kappa shape index (κ3) is 5.13. The van der Waals surface area contributed by atoms with Crippen molar-refractivity contribution < 1.29 is 37.7 Å². The monoisotopic (exact) mass is 512 g/mol.